The van der Waals surface area contributed by atoms with Gasteiger partial charge in [-0.25, -0.2) is 9.37 Å². The molecular weight excluding hydrogens is 313 g/mol. The molecule has 0 saturated heterocycles. The molecular formula is C13H13BrFN3O. The first-order valence-electron chi connectivity index (χ1n) is 5.77. The first-order chi connectivity index (χ1) is 9.08. The van der Waals surface area contributed by atoms with Gasteiger partial charge in [-0.2, -0.15) is 0 Å². The second kappa shape index (κ2) is 5.97. The molecule has 1 aromatic carbocycles. The third-order valence-electron chi connectivity index (χ3n) is 2.82. The zero-order valence-corrected chi connectivity index (χ0v) is 11.9. The Balaban J connectivity index is 1.97. The SMILES string of the molecule is C[C@@H](C(=O)NCc1ccc(Br)cc1F)n1ccnc1. The maximum Gasteiger partial charge on any atom is 0.243 e. The molecule has 2 rings (SSSR count). The molecule has 19 heavy (non-hydrogen) atoms. The molecule has 1 aromatic heterocycles. The van der Waals surface area contributed by atoms with Gasteiger partial charge in [0.1, 0.15) is 11.9 Å². The van der Waals surface area contributed by atoms with Crippen LogP contribution in [0.15, 0.2) is 41.4 Å². The van der Waals surface area contributed by atoms with E-state index in [9.17, 15) is 9.18 Å². The van der Waals surface area contributed by atoms with Crippen molar-refractivity contribution in [2.45, 2.75) is 19.5 Å². The summed E-state index contributed by atoms with van der Waals surface area (Å²) in [5, 5.41) is 2.70. The van der Waals surface area contributed by atoms with E-state index in [4.69, 9.17) is 0 Å². The fourth-order valence-corrected chi connectivity index (χ4v) is 1.96. The first kappa shape index (κ1) is 13.7. The van der Waals surface area contributed by atoms with Crippen molar-refractivity contribution in [1.82, 2.24) is 14.9 Å². The highest BCUT2D eigenvalue weighted by Gasteiger charge is 2.14. The predicted molar refractivity (Wildman–Crippen MR) is 72.9 cm³/mol. The summed E-state index contributed by atoms with van der Waals surface area (Å²) in [5.41, 5.74) is 0.453. The van der Waals surface area contributed by atoms with Gasteiger partial charge in [-0.3, -0.25) is 4.79 Å². The Kier molecular flexibility index (Phi) is 4.31. The highest BCUT2D eigenvalue weighted by molar-refractivity contribution is 9.10. The Labute approximate surface area is 118 Å². The predicted octanol–water partition coefficient (Wildman–Crippen LogP) is 2.66. The summed E-state index contributed by atoms with van der Waals surface area (Å²) in [6.07, 6.45) is 4.90. The smallest absolute Gasteiger partial charge is 0.243 e. The third kappa shape index (κ3) is 3.41. The Hall–Kier alpha value is -1.69. The van der Waals surface area contributed by atoms with E-state index in [1.807, 2.05) is 0 Å². The van der Waals surface area contributed by atoms with E-state index in [0.29, 0.717) is 10.0 Å². The van der Waals surface area contributed by atoms with Gasteiger partial charge < -0.3 is 9.88 Å². The maximum absolute atomic E-state index is 13.6. The van der Waals surface area contributed by atoms with Gasteiger partial charge in [0, 0.05) is 29.0 Å². The van der Waals surface area contributed by atoms with Crippen LogP contribution < -0.4 is 5.32 Å². The fraction of sp³-hybridized carbons (Fsp3) is 0.231. The largest absolute Gasteiger partial charge is 0.350 e. The molecule has 4 nitrogen and oxygen atoms in total. The van der Waals surface area contributed by atoms with Crippen LogP contribution in [0.5, 0.6) is 0 Å². The molecule has 0 fully saturated rings. The summed E-state index contributed by atoms with van der Waals surface area (Å²) in [4.78, 5) is 15.8. The van der Waals surface area contributed by atoms with E-state index < -0.39 is 0 Å². The summed E-state index contributed by atoms with van der Waals surface area (Å²) in [6.45, 7) is 1.92. The highest BCUT2D eigenvalue weighted by Crippen LogP contribution is 2.15. The lowest BCUT2D eigenvalue weighted by Crippen LogP contribution is -2.30. The van der Waals surface area contributed by atoms with Crippen molar-refractivity contribution in [3.8, 4) is 0 Å². The van der Waals surface area contributed by atoms with Crippen LogP contribution in [0.2, 0.25) is 0 Å². The van der Waals surface area contributed by atoms with Crippen molar-refractivity contribution in [3.63, 3.8) is 0 Å². The van der Waals surface area contributed by atoms with Crippen molar-refractivity contribution < 1.29 is 9.18 Å². The van der Waals surface area contributed by atoms with Crippen molar-refractivity contribution in [2.24, 2.45) is 0 Å². The molecule has 1 atom stereocenters. The minimum Gasteiger partial charge on any atom is -0.350 e. The van der Waals surface area contributed by atoms with Crippen molar-refractivity contribution in [3.05, 3.63) is 52.8 Å². The molecule has 2 aromatic rings. The van der Waals surface area contributed by atoms with Gasteiger partial charge >= 0.3 is 0 Å². The van der Waals surface area contributed by atoms with Gasteiger partial charge in [0.2, 0.25) is 5.91 Å². The number of nitrogens with zero attached hydrogens (tertiary/aromatic N) is 2. The van der Waals surface area contributed by atoms with E-state index in [-0.39, 0.29) is 24.3 Å². The highest BCUT2D eigenvalue weighted by atomic mass is 79.9. The summed E-state index contributed by atoms with van der Waals surface area (Å²) in [6, 6.07) is 4.38. The van der Waals surface area contributed by atoms with Crippen molar-refractivity contribution >= 4 is 21.8 Å². The average Bonchev–Trinajstić information content (AvgIpc) is 2.90. The van der Waals surface area contributed by atoms with Crippen LogP contribution in [0.3, 0.4) is 0 Å². The second-order valence-electron chi connectivity index (χ2n) is 4.14. The van der Waals surface area contributed by atoms with Crippen molar-refractivity contribution in [1.29, 1.82) is 0 Å². The number of amides is 1. The molecule has 100 valence electrons. The lowest BCUT2D eigenvalue weighted by molar-refractivity contribution is -0.124. The van der Waals surface area contributed by atoms with Gasteiger partial charge in [0.25, 0.3) is 0 Å². The number of carbonyl (C=O) groups is 1. The molecule has 0 saturated carbocycles. The summed E-state index contributed by atoms with van der Waals surface area (Å²) < 4.78 is 15.9. The van der Waals surface area contributed by atoms with Gasteiger partial charge in [0.05, 0.1) is 6.33 Å². The number of hydrogen-bond acceptors (Lipinski definition) is 2. The normalized spacial score (nSPS) is 12.2. The maximum atomic E-state index is 13.6. The minimum absolute atomic E-state index is 0.164. The van der Waals surface area contributed by atoms with Crippen LogP contribution in [-0.4, -0.2) is 15.5 Å². The number of aromatic nitrogens is 2. The molecule has 0 spiro atoms. The molecule has 0 bridgehead atoms. The van der Waals surface area contributed by atoms with Crippen LogP contribution in [0.1, 0.15) is 18.5 Å². The molecule has 0 aliphatic heterocycles. The number of benzene rings is 1. The fourth-order valence-electron chi connectivity index (χ4n) is 1.63. The lowest BCUT2D eigenvalue weighted by atomic mass is 10.2. The molecule has 6 heteroatoms. The van der Waals surface area contributed by atoms with Gasteiger partial charge in [-0.15, -0.1) is 0 Å². The Morgan fingerprint density at radius 1 is 1.58 bits per heavy atom. The van der Waals surface area contributed by atoms with Gasteiger partial charge in [-0.1, -0.05) is 22.0 Å². The summed E-state index contributed by atoms with van der Waals surface area (Å²) in [5.74, 6) is -0.523. The number of halogens is 2. The summed E-state index contributed by atoms with van der Waals surface area (Å²) >= 11 is 3.19. The second-order valence-corrected chi connectivity index (χ2v) is 5.06. The number of nitrogens with one attached hydrogen (secondary N) is 1. The molecule has 0 radical (unpaired) electrons. The quantitative estimate of drug-likeness (QED) is 0.939. The summed E-state index contributed by atoms with van der Waals surface area (Å²) in [7, 11) is 0. The first-order valence-corrected chi connectivity index (χ1v) is 6.56. The molecule has 0 unspecified atom stereocenters. The van der Waals surface area contributed by atoms with E-state index in [1.54, 1.807) is 42.3 Å². The molecule has 1 amide bonds. The number of hydrogen-bond donors (Lipinski definition) is 1. The molecule has 0 aliphatic carbocycles. The molecule has 1 heterocycles. The Morgan fingerprint density at radius 2 is 2.37 bits per heavy atom. The lowest BCUT2D eigenvalue weighted by Gasteiger charge is -2.13. The Bertz CT molecular complexity index is 571. The third-order valence-corrected chi connectivity index (χ3v) is 3.31. The minimum atomic E-state index is -0.374. The number of carbonyl (C=O) groups excluding carboxylic acids is 1. The van der Waals surface area contributed by atoms with E-state index in [1.165, 1.54) is 6.07 Å². The van der Waals surface area contributed by atoms with E-state index in [0.717, 1.165) is 0 Å². The molecule has 1 N–H and O–H groups in total. The zero-order chi connectivity index (χ0) is 13.8. The Morgan fingerprint density at radius 3 is 3.00 bits per heavy atom. The monoisotopic (exact) mass is 325 g/mol. The van der Waals surface area contributed by atoms with Gasteiger partial charge in [-0.05, 0) is 19.1 Å². The zero-order valence-electron chi connectivity index (χ0n) is 10.3. The topological polar surface area (TPSA) is 46.9 Å². The van der Waals surface area contributed by atoms with Crippen LogP contribution in [0, 0.1) is 5.82 Å². The van der Waals surface area contributed by atoms with E-state index in [2.05, 4.69) is 26.2 Å². The average molecular weight is 326 g/mol. The number of rotatable bonds is 4. The van der Waals surface area contributed by atoms with Gasteiger partial charge in [0.15, 0.2) is 0 Å². The van der Waals surface area contributed by atoms with Crippen LogP contribution in [0.25, 0.3) is 0 Å². The standard InChI is InChI=1S/C13H13BrFN3O/c1-9(18-5-4-16-8-18)13(19)17-7-10-2-3-11(14)6-12(10)15/h2-6,8-9H,7H2,1H3,(H,17,19)/t9-/m0/s1. The van der Waals surface area contributed by atoms with Crippen LogP contribution in [0.4, 0.5) is 4.39 Å². The van der Waals surface area contributed by atoms with Crippen LogP contribution in [-0.2, 0) is 11.3 Å². The van der Waals surface area contributed by atoms with Crippen molar-refractivity contribution in [2.75, 3.05) is 0 Å². The molecule has 0 aliphatic rings. The van der Waals surface area contributed by atoms with Crippen LogP contribution >= 0.6 is 15.9 Å². The van der Waals surface area contributed by atoms with E-state index >= 15 is 0 Å². The number of imidazole rings is 1.